The van der Waals surface area contributed by atoms with Gasteiger partial charge in [-0.2, -0.15) is 5.10 Å². The zero-order valence-electron chi connectivity index (χ0n) is 12.3. The Morgan fingerprint density at radius 3 is 2.80 bits per heavy atom. The maximum Gasteiger partial charge on any atom is 0.129 e. The molecule has 1 unspecified atom stereocenters. The maximum absolute atomic E-state index is 14.2. The van der Waals surface area contributed by atoms with Gasteiger partial charge in [-0.05, 0) is 38.6 Å². The number of nitrogens with one attached hydrogen (secondary N) is 1. The summed E-state index contributed by atoms with van der Waals surface area (Å²) in [5, 5.41) is 8.61. The van der Waals surface area contributed by atoms with Crippen molar-refractivity contribution < 1.29 is 4.39 Å². The van der Waals surface area contributed by atoms with Gasteiger partial charge in [0.25, 0.3) is 0 Å². The van der Waals surface area contributed by atoms with E-state index in [1.807, 2.05) is 44.6 Å². The zero-order valence-corrected chi connectivity index (χ0v) is 13.1. The molecule has 0 radical (unpaired) electrons. The predicted molar refractivity (Wildman–Crippen MR) is 80.6 cm³/mol. The van der Waals surface area contributed by atoms with Gasteiger partial charge in [-0.1, -0.05) is 24.8 Å². The van der Waals surface area contributed by atoms with Gasteiger partial charge in [-0.15, -0.1) is 0 Å². The molecule has 20 heavy (non-hydrogen) atoms. The number of aryl methyl sites for hydroxylation is 2. The first-order valence-corrected chi connectivity index (χ1v) is 7.54. The lowest BCUT2D eigenvalue weighted by Crippen LogP contribution is -2.19. The molecule has 1 atom stereocenters. The van der Waals surface area contributed by atoms with Gasteiger partial charge in [0.05, 0.1) is 10.7 Å². The third kappa shape index (κ3) is 3.22. The minimum atomic E-state index is -0.164. The van der Waals surface area contributed by atoms with Crippen LogP contribution in [0.25, 0.3) is 0 Å². The van der Waals surface area contributed by atoms with E-state index in [1.165, 1.54) is 6.07 Å². The average molecular weight is 293 g/mol. The molecule has 1 heterocycles. The Labute approximate surface area is 123 Å². The van der Waals surface area contributed by atoms with Crippen LogP contribution in [0.15, 0.2) is 34.2 Å². The monoisotopic (exact) mass is 293 g/mol. The molecule has 0 aliphatic carbocycles. The topological polar surface area (TPSA) is 29.9 Å². The van der Waals surface area contributed by atoms with Crippen molar-refractivity contribution >= 4 is 11.8 Å². The van der Waals surface area contributed by atoms with Gasteiger partial charge in [-0.25, -0.2) is 4.39 Å². The molecule has 0 saturated carbocycles. The largest absolute Gasteiger partial charge is 0.310 e. The number of nitrogens with zero attached hydrogens (tertiary/aromatic N) is 2. The van der Waals surface area contributed by atoms with Crippen molar-refractivity contribution in [2.24, 2.45) is 7.05 Å². The van der Waals surface area contributed by atoms with Crippen LogP contribution in [-0.2, 0) is 7.05 Å². The van der Waals surface area contributed by atoms with E-state index in [4.69, 9.17) is 0 Å². The molecule has 2 aromatic rings. The smallest absolute Gasteiger partial charge is 0.129 e. The lowest BCUT2D eigenvalue weighted by atomic mass is 10.1. The van der Waals surface area contributed by atoms with Gasteiger partial charge < -0.3 is 5.32 Å². The summed E-state index contributed by atoms with van der Waals surface area (Å²) in [7, 11) is 1.90. The van der Waals surface area contributed by atoms with Crippen LogP contribution in [0.4, 0.5) is 4.39 Å². The molecule has 0 fully saturated rings. The summed E-state index contributed by atoms with van der Waals surface area (Å²) < 4.78 is 16.0. The van der Waals surface area contributed by atoms with Crippen LogP contribution in [0.3, 0.4) is 0 Å². The highest BCUT2D eigenvalue weighted by molar-refractivity contribution is 7.99. The summed E-state index contributed by atoms with van der Waals surface area (Å²) in [5.41, 5.74) is 1.69. The molecule has 0 spiro atoms. The number of halogens is 1. The lowest BCUT2D eigenvalue weighted by Gasteiger charge is -2.17. The minimum absolute atomic E-state index is 0.0157. The van der Waals surface area contributed by atoms with E-state index in [9.17, 15) is 4.39 Å². The molecule has 1 aromatic carbocycles. The molecule has 0 aliphatic heterocycles. The Kier molecular flexibility index (Phi) is 4.83. The van der Waals surface area contributed by atoms with Gasteiger partial charge in [0.1, 0.15) is 5.82 Å². The number of hydrogen-bond acceptors (Lipinski definition) is 3. The molecule has 108 valence electrons. The zero-order chi connectivity index (χ0) is 14.7. The minimum Gasteiger partial charge on any atom is -0.310 e. The molecule has 0 bridgehead atoms. The summed E-state index contributed by atoms with van der Waals surface area (Å²) in [6, 6.07) is 7.22. The molecular formula is C15H20FN3S. The molecule has 3 nitrogen and oxygen atoms in total. The van der Waals surface area contributed by atoms with Crippen molar-refractivity contribution in [3.63, 3.8) is 0 Å². The molecule has 1 N–H and O–H groups in total. The summed E-state index contributed by atoms with van der Waals surface area (Å²) in [6.07, 6.45) is 0. The van der Waals surface area contributed by atoms with E-state index in [-0.39, 0.29) is 11.9 Å². The SMILES string of the molecule is CCNC(C)c1c(F)cccc1Sc1cc(C)nn1C. The van der Waals surface area contributed by atoms with E-state index in [2.05, 4.69) is 10.4 Å². The second-order valence-electron chi connectivity index (χ2n) is 4.78. The van der Waals surface area contributed by atoms with Crippen molar-refractivity contribution in [2.45, 2.75) is 36.7 Å². The van der Waals surface area contributed by atoms with Crippen molar-refractivity contribution in [3.05, 3.63) is 41.3 Å². The molecular weight excluding hydrogens is 273 g/mol. The standard InChI is InChI=1S/C15H20FN3S/c1-5-17-11(3)15-12(16)7-6-8-13(15)20-14-9-10(2)18-19(14)4/h6-9,11,17H,5H2,1-4H3. The van der Waals surface area contributed by atoms with E-state index >= 15 is 0 Å². The highest BCUT2D eigenvalue weighted by Gasteiger charge is 2.16. The molecule has 0 aliphatic rings. The number of benzene rings is 1. The fourth-order valence-corrected chi connectivity index (χ4v) is 3.39. The number of hydrogen-bond donors (Lipinski definition) is 1. The molecule has 1 aromatic heterocycles. The average Bonchev–Trinajstić information content (AvgIpc) is 2.68. The van der Waals surface area contributed by atoms with E-state index < -0.39 is 0 Å². The van der Waals surface area contributed by atoms with Crippen LogP contribution >= 0.6 is 11.8 Å². The van der Waals surface area contributed by atoms with E-state index in [0.717, 1.165) is 27.7 Å². The first-order valence-electron chi connectivity index (χ1n) is 6.73. The summed E-state index contributed by atoms with van der Waals surface area (Å²) in [4.78, 5) is 0.932. The maximum atomic E-state index is 14.2. The Bertz CT molecular complexity index is 595. The first kappa shape index (κ1) is 15.1. The van der Waals surface area contributed by atoms with Crippen molar-refractivity contribution in [3.8, 4) is 0 Å². The predicted octanol–water partition coefficient (Wildman–Crippen LogP) is 3.69. The highest BCUT2D eigenvalue weighted by atomic mass is 32.2. The summed E-state index contributed by atoms with van der Waals surface area (Å²) in [6.45, 7) is 6.78. The van der Waals surface area contributed by atoms with Crippen LogP contribution in [0, 0.1) is 12.7 Å². The van der Waals surface area contributed by atoms with Crippen molar-refractivity contribution in [1.82, 2.24) is 15.1 Å². The van der Waals surface area contributed by atoms with Crippen molar-refractivity contribution in [1.29, 1.82) is 0 Å². The Balaban J connectivity index is 2.36. The molecule has 0 saturated heterocycles. The second-order valence-corrected chi connectivity index (χ2v) is 5.84. The second kappa shape index (κ2) is 6.41. The lowest BCUT2D eigenvalue weighted by molar-refractivity contribution is 0.531. The van der Waals surface area contributed by atoms with Crippen LogP contribution < -0.4 is 5.32 Å². The first-order chi connectivity index (χ1) is 9.52. The van der Waals surface area contributed by atoms with Crippen LogP contribution in [0.5, 0.6) is 0 Å². The number of aromatic nitrogens is 2. The third-order valence-corrected chi connectivity index (χ3v) is 4.30. The van der Waals surface area contributed by atoms with Crippen LogP contribution in [0.1, 0.15) is 31.1 Å². The van der Waals surface area contributed by atoms with Gasteiger partial charge in [0, 0.05) is 23.5 Å². The van der Waals surface area contributed by atoms with Crippen LogP contribution in [0.2, 0.25) is 0 Å². The third-order valence-electron chi connectivity index (χ3n) is 3.13. The quantitative estimate of drug-likeness (QED) is 0.912. The van der Waals surface area contributed by atoms with E-state index in [1.54, 1.807) is 17.8 Å². The van der Waals surface area contributed by atoms with Gasteiger partial charge in [0.15, 0.2) is 0 Å². The molecule has 0 amide bonds. The normalized spacial score (nSPS) is 12.7. The van der Waals surface area contributed by atoms with Gasteiger partial charge in [0.2, 0.25) is 0 Å². The summed E-state index contributed by atoms with van der Waals surface area (Å²) in [5.74, 6) is -0.164. The number of rotatable bonds is 5. The van der Waals surface area contributed by atoms with Gasteiger partial charge in [-0.3, -0.25) is 4.68 Å². The Morgan fingerprint density at radius 1 is 1.45 bits per heavy atom. The Morgan fingerprint density at radius 2 is 2.20 bits per heavy atom. The Hall–Kier alpha value is -1.33. The van der Waals surface area contributed by atoms with Gasteiger partial charge >= 0.3 is 0 Å². The fraction of sp³-hybridized carbons (Fsp3) is 0.400. The highest BCUT2D eigenvalue weighted by Crippen LogP contribution is 2.34. The summed E-state index contributed by atoms with van der Waals surface area (Å²) >= 11 is 1.55. The van der Waals surface area contributed by atoms with Crippen LogP contribution in [-0.4, -0.2) is 16.3 Å². The molecule has 5 heteroatoms. The molecule has 2 rings (SSSR count). The van der Waals surface area contributed by atoms with E-state index in [0.29, 0.717) is 0 Å². The van der Waals surface area contributed by atoms with Crippen molar-refractivity contribution in [2.75, 3.05) is 6.54 Å². The fourth-order valence-electron chi connectivity index (χ4n) is 2.23.